The quantitative estimate of drug-likeness (QED) is 0.383. The third-order valence-electron chi connectivity index (χ3n) is 1.47. The van der Waals surface area contributed by atoms with Crippen molar-refractivity contribution in [1.29, 1.82) is 0 Å². The molecular weight excluding hydrogens is 146 g/mol. The second-order valence-corrected chi connectivity index (χ2v) is 2.25. The van der Waals surface area contributed by atoms with Gasteiger partial charge >= 0.3 is 23.1 Å². The van der Waals surface area contributed by atoms with E-state index in [0.717, 1.165) is 6.54 Å². The number of rotatable bonds is 0. The number of piperidine rings is 1. The number of halogens is 1. The molecule has 0 amide bonds. The van der Waals surface area contributed by atoms with E-state index >= 15 is 0 Å². The van der Waals surface area contributed by atoms with Gasteiger partial charge < -0.3 is 17.7 Å². The van der Waals surface area contributed by atoms with E-state index in [9.17, 15) is 0 Å². The molecule has 9 heavy (non-hydrogen) atoms. The van der Waals surface area contributed by atoms with Crippen LogP contribution in [-0.4, -0.2) is 35.6 Å². The summed E-state index contributed by atoms with van der Waals surface area (Å²) in [5.41, 5.74) is 0. The van der Waals surface area contributed by atoms with Crippen molar-refractivity contribution >= 4 is 23.1 Å². The van der Waals surface area contributed by atoms with E-state index < -0.39 is 0 Å². The molecule has 0 N–H and O–H groups in total. The minimum atomic E-state index is 0. The van der Waals surface area contributed by atoms with Crippen LogP contribution in [0.15, 0.2) is 0 Å². The van der Waals surface area contributed by atoms with Gasteiger partial charge in [-0.15, -0.1) is 12.6 Å². The van der Waals surface area contributed by atoms with Crippen molar-refractivity contribution in [3.63, 3.8) is 0 Å². The van der Waals surface area contributed by atoms with E-state index in [-0.39, 0.29) is 35.5 Å². The fraction of sp³-hybridized carbons (Fsp3) is 1.00. The van der Waals surface area contributed by atoms with E-state index in [1.165, 1.54) is 19.3 Å². The normalized spacial score (nSPS) is 25.7. The molecule has 1 nitrogen and oxygen atoms in total. The molecule has 50 valence electrons. The molecule has 3 heteroatoms. The van der Waals surface area contributed by atoms with Crippen molar-refractivity contribution in [2.24, 2.45) is 0 Å². The number of nitrogens with zero attached hydrogens (tertiary/aromatic N) is 1. The van der Waals surface area contributed by atoms with Crippen LogP contribution in [0.25, 0.3) is 5.32 Å². The van der Waals surface area contributed by atoms with Crippen LogP contribution in [0.4, 0.5) is 0 Å². The molecular formula is C6H12ClMgN. The fourth-order valence-corrected chi connectivity index (χ4v) is 0.955. The molecule has 0 aromatic carbocycles. The first kappa shape index (κ1) is 12.7. The summed E-state index contributed by atoms with van der Waals surface area (Å²) in [6.07, 6.45) is 4.04. The fourth-order valence-electron chi connectivity index (χ4n) is 0.955. The zero-order valence-corrected chi connectivity index (χ0v) is 8.11. The van der Waals surface area contributed by atoms with Gasteiger partial charge in [-0.05, 0) is 0 Å². The van der Waals surface area contributed by atoms with E-state index in [4.69, 9.17) is 0 Å². The summed E-state index contributed by atoms with van der Waals surface area (Å²) in [7, 11) is 0. The Hall–Kier alpha value is 1.02. The molecule has 1 rings (SSSR count). The van der Waals surface area contributed by atoms with Gasteiger partial charge in [0.25, 0.3) is 0 Å². The van der Waals surface area contributed by atoms with Crippen LogP contribution in [0.1, 0.15) is 26.2 Å². The summed E-state index contributed by atoms with van der Waals surface area (Å²) in [5, 5.41) is 4.33. The number of hydrogen-bond acceptors (Lipinski definition) is 0. The van der Waals surface area contributed by atoms with Crippen molar-refractivity contribution in [3.05, 3.63) is 5.32 Å². The Morgan fingerprint density at radius 2 is 2.00 bits per heavy atom. The first-order chi connectivity index (χ1) is 3.39. The largest absolute Gasteiger partial charge is 2.00 e. The van der Waals surface area contributed by atoms with Crippen LogP contribution in [-0.2, 0) is 0 Å². The molecule has 1 atom stereocenters. The topological polar surface area (TPSA) is 14.1 Å². The maximum absolute atomic E-state index is 4.33. The van der Waals surface area contributed by atoms with Crippen molar-refractivity contribution < 1.29 is 12.4 Å². The Kier molecular flexibility index (Phi) is 10.0. The molecule has 1 aliphatic rings. The van der Waals surface area contributed by atoms with Gasteiger partial charge in [0.1, 0.15) is 0 Å². The minimum Gasteiger partial charge on any atom is -1.00 e. The van der Waals surface area contributed by atoms with Crippen molar-refractivity contribution in [3.8, 4) is 0 Å². The van der Waals surface area contributed by atoms with E-state index in [1.807, 2.05) is 0 Å². The van der Waals surface area contributed by atoms with Gasteiger partial charge in [-0.1, -0.05) is 26.2 Å². The van der Waals surface area contributed by atoms with Crippen LogP contribution in [0.2, 0.25) is 0 Å². The molecule has 1 aliphatic heterocycles. The van der Waals surface area contributed by atoms with Crippen LogP contribution in [0, 0.1) is 0 Å². The summed E-state index contributed by atoms with van der Waals surface area (Å²) in [4.78, 5) is 0. The molecule has 1 unspecified atom stereocenters. The zero-order chi connectivity index (χ0) is 5.11. The van der Waals surface area contributed by atoms with Crippen molar-refractivity contribution in [1.82, 2.24) is 0 Å². The molecule has 0 radical (unpaired) electrons. The van der Waals surface area contributed by atoms with Gasteiger partial charge in [-0.25, -0.2) is 0 Å². The van der Waals surface area contributed by atoms with Gasteiger partial charge in [0.15, 0.2) is 0 Å². The molecule has 0 saturated carbocycles. The van der Waals surface area contributed by atoms with Gasteiger partial charge in [-0.3, -0.25) is 0 Å². The summed E-state index contributed by atoms with van der Waals surface area (Å²) in [5.74, 6) is 0. The van der Waals surface area contributed by atoms with E-state index in [0.29, 0.717) is 6.04 Å². The molecule has 0 spiro atoms. The average Bonchev–Trinajstić information content (AvgIpc) is 1.69. The Balaban J connectivity index is 0. The summed E-state index contributed by atoms with van der Waals surface area (Å²) in [6.45, 7) is 3.31. The van der Waals surface area contributed by atoms with Crippen LogP contribution in [0.5, 0.6) is 0 Å². The minimum absolute atomic E-state index is 0. The zero-order valence-electron chi connectivity index (χ0n) is 5.94. The maximum atomic E-state index is 4.33. The van der Waals surface area contributed by atoms with Crippen molar-refractivity contribution in [2.45, 2.75) is 32.2 Å². The summed E-state index contributed by atoms with van der Waals surface area (Å²) >= 11 is 0. The molecule has 0 aromatic heterocycles. The summed E-state index contributed by atoms with van der Waals surface area (Å²) < 4.78 is 0. The van der Waals surface area contributed by atoms with Gasteiger partial charge in [0.05, 0.1) is 0 Å². The monoisotopic (exact) mass is 157 g/mol. The first-order valence-electron chi connectivity index (χ1n) is 3.06. The third kappa shape index (κ3) is 5.46. The van der Waals surface area contributed by atoms with Crippen LogP contribution in [0.3, 0.4) is 0 Å². The molecule has 1 saturated heterocycles. The Morgan fingerprint density at radius 3 is 2.22 bits per heavy atom. The average molecular weight is 158 g/mol. The van der Waals surface area contributed by atoms with E-state index in [2.05, 4.69) is 12.2 Å². The smallest absolute Gasteiger partial charge is 1.00 e. The maximum Gasteiger partial charge on any atom is 2.00 e. The SMILES string of the molecule is CC1CCCC[N-]1.[Cl-].[Mg+2]. The van der Waals surface area contributed by atoms with Gasteiger partial charge in [0.2, 0.25) is 0 Å². The Bertz CT molecular complexity index is 55.0. The molecule has 1 heterocycles. The molecule has 0 aromatic rings. The molecule has 0 aliphatic carbocycles. The van der Waals surface area contributed by atoms with Gasteiger partial charge in [-0.2, -0.15) is 0 Å². The first-order valence-corrected chi connectivity index (χ1v) is 3.06. The standard InChI is InChI=1S/C6H12N.ClH.Mg/c1-6-4-2-3-5-7-6;;/h6H,2-5H2,1H3;1H;/q-1;;+2/p-1. The van der Waals surface area contributed by atoms with Crippen LogP contribution >= 0.6 is 0 Å². The van der Waals surface area contributed by atoms with E-state index in [1.54, 1.807) is 0 Å². The second-order valence-electron chi connectivity index (χ2n) is 2.25. The predicted molar refractivity (Wildman–Crippen MR) is 37.3 cm³/mol. The van der Waals surface area contributed by atoms with Gasteiger partial charge in [0, 0.05) is 0 Å². The van der Waals surface area contributed by atoms with Crippen molar-refractivity contribution in [2.75, 3.05) is 6.54 Å². The summed E-state index contributed by atoms with van der Waals surface area (Å²) in [6, 6.07) is 0.661. The molecule has 0 bridgehead atoms. The second kappa shape index (κ2) is 7.13. The third-order valence-corrected chi connectivity index (χ3v) is 1.47. The predicted octanol–water partition coefficient (Wildman–Crippen LogP) is -1.44. The Morgan fingerprint density at radius 1 is 1.33 bits per heavy atom. The van der Waals surface area contributed by atoms with Crippen LogP contribution < -0.4 is 12.4 Å². The Labute approximate surface area is 79.5 Å². The number of hydrogen-bond donors (Lipinski definition) is 0. The molecule has 1 fully saturated rings.